The summed E-state index contributed by atoms with van der Waals surface area (Å²) in [6.07, 6.45) is 6.08. The monoisotopic (exact) mass is 358 g/mol. The van der Waals surface area contributed by atoms with Crippen LogP contribution < -0.4 is 10.6 Å². The first-order valence-electron chi connectivity index (χ1n) is 9.36. The maximum absolute atomic E-state index is 13.0. The topological polar surface area (TPSA) is 97.9 Å². The van der Waals surface area contributed by atoms with E-state index in [9.17, 15) is 4.79 Å². The Morgan fingerprint density at radius 3 is 2.85 bits per heavy atom. The molecule has 1 saturated heterocycles. The van der Waals surface area contributed by atoms with Crippen LogP contribution in [-0.2, 0) is 11.8 Å². The van der Waals surface area contributed by atoms with Gasteiger partial charge in [0.05, 0.1) is 12.1 Å². The van der Waals surface area contributed by atoms with Crippen molar-refractivity contribution in [2.24, 2.45) is 18.9 Å². The highest BCUT2D eigenvalue weighted by Gasteiger charge is 2.37. The van der Waals surface area contributed by atoms with E-state index in [1.807, 2.05) is 19.4 Å². The van der Waals surface area contributed by atoms with Crippen molar-refractivity contribution in [2.75, 3.05) is 13.1 Å². The Balaban J connectivity index is 1.48. The lowest BCUT2D eigenvalue weighted by Crippen LogP contribution is -2.38. The predicted molar refractivity (Wildman–Crippen MR) is 94.3 cm³/mol. The van der Waals surface area contributed by atoms with Crippen molar-refractivity contribution < 1.29 is 9.32 Å². The molecule has 2 N–H and O–H groups in total. The normalized spacial score (nSPS) is 24.2. The molecule has 0 radical (unpaired) electrons. The van der Waals surface area contributed by atoms with E-state index in [-0.39, 0.29) is 29.7 Å². The number of aryl methyl sites for hydroxylation is 1. The molecule has 3 atom stereocenters. The number of aromatic nitrogens is 4. The fraction of sp³-hybridized carbons (Fsp3) is 0.667. The Hall–Kier alpha value is -2.22. The van der Waals surface area contributed by atoms with Gasteiger partial charge in [-0.15, -0.1) is 0 Å². The highest BCUT2D eigenvalue weighted by molar-refractivity contribution is 5.80. The molecule has 0 bridgehead atoms. The first-order valence-corrected chi connectivity index (χ1v) is 9.36. The summed E-state index contributed by atoms with van der Waals surface area (Å²) in [5.74, 6) is 1.90. The zero-order valence-electron chi connectivity index (χ0n) is 15.5. The second-order valence-corrected chi connectivity index (χ2v) is 7.81. The maximum atomic E-state index is 13.0. The minimum Gasteiger partial charge on any atom is -0.344 e. The number of carbonyl (C=O) groups is 1. The van der Waals surface area contributed by atoms with Crippen molar-refractivity contribution in [1.82, 2.24) is 30.6 Å². The zero-order chi connectivity index (χ0) is 18.3. The van der Waals surface area contributed by atoms with Crippen molar-refractivity contribution in [3.05, 3.63) is 29.7 Å². The second kappa shape index (κ2) is 6.83. The molecule has 4 rings (SSSR count). The van der Waals surface area contributed by atoms with Gasteiger partial charge in [0.2, 0.25) is 11.8 Å². The molecular weight excluding hydrogens is 332 g/mol. The number of hydrogen-bond acceptors (Lipinski definition) is 6. The highest BCUT2D eigenvalue weighted by Crippen LogP contribution is 2.39. The lowest BCUT2D eigenvalue weighted by Gasteiger charge is -2.23. The third-order valence-corrected chi connectivity index (χ3v) is 5.33. The first-order chi connectivity index (χ1) is 12.5. The summed E-state index contributed by atoms with van der Waals surface area (Å²) in [6.45, 7) is 5.55. The predicted octanol–water partition coefficient (Wildman–Crippen LogP) is 1.50. The number of carbonyl (C=O) groups excluding carboxylic acids is 1. The van der Waals surface area contributed by atoms with E-state index in [1.165, 1.54) is 0 Å². The molecule has 8 heteroatoms. The van der Waals surface area contributed by atoms with Gasteiger partial charge < -0.3 is 15.2 Å². The summed E-state index contributed by atoms with van der Waals surface area (Å²) in [4.78, 5) is 17.5. The van der Waals surface area contributed by atoms with Gasteiger partial charge in [0.25, 0.3) is 0 Å². The van der Waals surface area contributed by atoms with Crippen LogP contribution in [0.1, 0.15) is 61.8 Å². The van der Waals surface area contributed by atoms with E-state index in [1.54, 1.807) is 4.68 Å². The van der Waals surface area contributed by atoms with E-state index in [0.29, 0.717) is 18.4 Å². The minimum atomic E-state index is -0.266. The summed E-state index contributed by atoms with van der Waals surface area (Å²) in [5.41, 5.74) is 1.09. The fourth-order valence-corrected chi connectivity index (χ4v) is 3.59. The average molecular weight is 358 g/mol. The van der Waals surface area contributed by atoms with E-state index >= 15 is 0 Å². The van der Waals surface area contributed by atoms with Gasteiger partial charge in [-0.3, -0.25) is 9.48 Å². The molecular formula is C18H26N6O2. The van der Waals surface area contributed by atoms with E-state index < -0.39 is 0 Å². The van der Waals surface area contributed by atoms with Crippen molar-refractivity contribution in [3.8, 4) is 0 Å². The second-order valence-electron chi connectivity index (χ2n) is 7.81. The molecule has 26 heavy (non-hydrogen) atoms. The number of nitrogens with one attached hydrogen (secondary N) is 2. The van der Waals surface area contributed by atoms with E-state index in [4.69, 9.17) is 4.52 Å². The van der Waals surface area contributed by atoms with Gasteiger partial charge >= 0.3 is 0 Å². The van der Waals surface area contributed by atoms with Crippen molar-refractivity contribution in [2.45, 2.75) is 44.6 Å². The summed E-state index contributed by atoms with van der Waals surface area (Å²) in [5, 5.41) is 14.8. The molecule has 1 aliphatic carbocycles. The average Bonchev–Trinajstić information content (AvgIpc) is 3.03. The molecule has 1 aliphatic heterocycles. The number of rotatable bonds is 6. The molecule has 2 fully saturated rings. The summed E-state index contributed by atoms with van der Waals surface area (Å²) >= 11 is 0. The summed E-state index contributed by atoms with van der Waals surface area (Å²) < 4.78 is 7.24. The largest absolute Gasteiger partial charge is 0.344 e. The first kappa shape index (κ1) is 17.2. The fourth-order valence-electron chi connectivity index (χ4n) is 3.59. The Kier molecular flexibility index (Phi) is 4.52. The van der Waals surface area contributed by atoms with Crippen LogP contribution in [0.2, 0.25) is 0 Å². The minimum absolute atomic E-state index is 0.0220. The molecule has 2 aromatic rings. The molecule has 3 heterocycles. The smallest absolute Gasteiger partial charge is 0.249 e. The number of amides is 1. The zero-order valence-corrected chi connectivity index (χ0v) is 15.5. The van der Waals surface area contributed by atoms with Gasteiger partial charge in [0, 0.05) is 38.2 Å². The van der Waals surface area contributed by atoms with Crippen LogP contribution >= 0.6 is 0 Å². The lowest BCUT2D eigenvalue weighted by atomic mass is 9.89. The van der Waals surface area contributed by atoms with Gasteiger partial charge in [-0.25, -0.2) is 0 Å². The van der Waals surface area contributed by atoms with Crippen LogP contribution in [-0.4, -0.2) is 38.9 Å². The van der Waals surface area contributed by atoms with Crippen LogP contribution in [0.25, 0.3) is 0 Å². The Bertz CT molecular complexity index is 778. The van der Waals surface area contributed by atoms with Gasteiger partial charge in [0.1, 0.15) is 6.04 Å². The molecule has 0 aromatic carbocycles. The van der Waals surface area contributed by atoms with E-state index in [2.05, 4.69) is 39.7 Å². The summed E-state index contributed by atoms with van der Waals surface area (Å²) in [7, 11) is 1.89. The summed E-state index contributed by atoms with van der Waals surface area (Å²) in [6, 6.07) is -0.266. The maximum Gasteiger partial charge on any atom is 0.249 e. The Morgan fingerprint density at radius 1 is 1.38 bits per heavy atom. The van der Waals surface area contributed by atoms with Crippen LogP contribution in [0.15, 0.2) is 16.9 Å². The molecule has 2 aromatic heterocycles. The quantitative estimate of drug-likeness (QED) is 0.812. The van der Waals surface area contributed by atoms with Crippen molar-refractivity contribution >= 4 is 5.91 Å². The van der Waals surface area contributed by atoms with Crippen molar-refractivity contribution in [1.29, 1.82) is 0 Å². The number of hydrogen-bond donors (Lipinski definition) is 2. The third kappa shape index (κ3) is 3.38. The molecule has 8 nitrogen and oxygen atoms in total. The van der Waals surface area contributed by atoms with Crippen LogP contribution in [0.3, 0.4) is 0 Å². The third-order valence-electron chi connectivity index (χ3n) is 5.33. The Labute approximate surface area is 152 Å². The van der Waals surface area contributed by atoms with Gasteiger partial charge in [-0.1, -0.05) is 19.0 Å². The van der Waals surface area contributed by atoms with Gasteiger partial charge in [-0.05, 0) is 24.3 Å². The van der Waals surface area contributed by atoms with Crippen LogP contribution in [0.5, 0.6) is 0 Å². The lowest BCUT2D eigenvalue weighted by molar-refractivity contribution is -0.126. The van der Waals surface area contributed by atoms with Crippen LogP contribution in [0, 0.1) is 11.8 Å². The van der Waals surface area contributed by atoms with Crippen LogP contribution in [0.4, 0.5) is 0 Å². The van der Waals surface area contributed by atoms with Gasteiger partial charge in [-0.2, -0.15) is 10.1 Å². The standard InChI is InChI=1S/C18H26N6O2/c1-10(2)15(18-22-16(23-26-18)11-4-5-11)21-17(25)14-8-19-7-13(14)12-6-20-24(3)9-12/h6,9-11,13-15,19H,4-5,7-8H2,1-3H3,(H,21,25)/t13-,14+,15?/m1/s1. The molecule has 140 valence electrons. The highest BCUT2D eigenvalue weighted by atomic mass is 16.5. The molecule has 1 unspecified atom stereocenters. The molecule has 1 saturated carbocycles. The molecule has 1 amide bonds. The van der Waals surface area contributed by atoms with Crippen molar-refractivity contribution in [3.63, 3.8) is 0 Å². The number of nitrogens with zero attached hydrogens (tertiary/aromatic N) is 4. The molecule has 2 aliphatic rings. The SMILES string of the molecule is CC(C)C(NC(=O)[C@H]1CNC[C@@H]1c1cnn(C)c1)c1nc(C2CC2)no1. The van der Waals surface area contributed by atoms with E-state index in [0.717, 1.165) is 30.8 Å². The Morgan fingerprint density at radius 2 is 2.19 bits per heavy atom. The van der Waals surface area contributed by atoms with Gasteiger partial charge in [0.15, 0.2) is 5.82 Å². The molecule has 0 spiro atoms.